The Bertz CT molecular complexity index is 849. The van der Waals surface area contributed by atoms with Gasteiger partial charge in [0, 0.05) is 18.1 Å². The van der Waals surface area contributed by atoms with Crippen LogP contribution in [-0.2, 0) is 10.0 Å². The molecule has 0 aliphatic rings. The molecule has 1 unspecified atom stereocenters. The van der Waals surface area contributed by atoms with Gasteiger partial charge in [-0.2, -0.15) is 17.9 Å². The summed E-state index contributed by atoms with van der Waals surface area (Å²) < 4.78 is 67.1. The van der Waals surface area contributed by atoms with Crippen LogP contribution in [0.1, 0.15) is 16.7 Å². The third-order valence-corrected chi connectivity index (χ3v) is 6.23. The summed E-state index contributed by atoms with van der Waals surface area (Å²) in [5, 5.41) is 0.142. The van der Waals surface area contributed by atoms with Crippen LogP contribution in [0.25, 0.3) is 0 Å². The molecule has 0 amide bonds. The number of hydrogen-bond acceptors (Lipinski definition) is 5. The van der Waals surface area contributed by atoms with Crippen LogP contribution in [-0.4, -0.2) is 36.4 Å². The quantitative estimate of drug-likeness (QED) is 0.589. The molecule has 142 valence electrons. The van der Waals surface area contributed by atoms with Crippen molar-refractivity contribution in [2.75, 3.05) is 5.75 Å². The number of aromatic nitrogens is 2. The maximum atomic E-state index is 13.4. The van der Waals surface area contributed by atoms with E-state index < -0.39 is 28.0 Å². The van der Waals surface area contributed by atoms with Crippen LogP contribution in [0, 0.1) is 20.8 Å². The molecule has 2 rings (SSSR count). The number of nitrogens with zero attached hydrogens (tertiary/aromatic N) is 2. The van der Waals surface area contributed by atoms with Gasteiger partial charge in [-0.15, -0.1) is 0 Å². The Morgan fingerprint density at radius 3 is 2.15 bits per heavy atom. The van der Waals surface area contributed by atoms with Gasteiger partial charge in [0.1, 0.15) is 6.04 Å². The second-order valence-corrected chi connectivity index (χ2v) is 8.42. The van der Waals surface area contributed by atoms with Crippen molar-refractivity contribution in [3.05, 3.63) is 47.3 Å². The zero-order chi connectivity index (χ0) is 19.5. The fourth-order valence-electron chi connectivity index (χ4n) is 2.55. The topological polar surface area (TPSA) is 72.0 Å². The largest absolute Gasteiger partial charge is 0.405 e. The second-order valence-electron chi connectivity index (χ2n) is 5.79. The average Bonchev–Trinajstić information content (AvgIpc) is 2.50. The van der Waals surface area contributed by atoms with E-state index in [0.717, 1.165) is 17.3 Å². The first-order chi connectivity index (χ1) is 12.0. The maximum Gasteiger partial charge on any atom is 0.405 e. The molecule has 0 aliphatic carbocycles. The van der Waals surface area contributed by atoms with Crippen molar-refractivity contribution in [3.63, 3.8) is 0 Å². The van der Waals surface area contributed by atoms with Crippen molar-refractivity contribution in [2.45, 2.75) is 43.0 Å². The van der Waals surface area contributed by atoms with Crippen LogP contribution in [0.3, 0.4) is 0 Å². The smallest absolute Gasteiger partial charge is 0.231 e. The van der Waals surface area contributed by atoms with Gasteiger partial charge < -0.3 is 0 Å². The monoisotopic (exact) mass is 405 g/mol. The van der Waals surface area contributed by atoms with Gasteiger partial charge in [0.25, 0.3) is 0 Å². The summed E-state index contributed by atoms with van der Waals surface area (Å²) >= 11 is 0.733. The molecule has 2 aromatic rings. The van der Waals surface area contributed by atoms with E-state index >= 15 is 0 Å². The molecule has 0 radical (unpaired) electrons. The molecule has 5 nitrogen and oxygen atoms in total. The first-order valence-corrected chi connectivity index (χ1v) is 10.0. The Labute approximate surface area is 154 Å². The highest BCUT2D eigenvalue weighted by molar-refractivity contribution is 7.99. The number of nitrogens with one attached hydrogen (secondary N) is 1. The zero-order valence-corrected chi connectivity index (χ0v) is 16.0. The molecule has 0 spiro atoms. The average molecular weight is 405 g/mol. The number of aryl methyl sites for hydroxylation is 3. The molecule has 0 bridgehead atoms. The molecule has 1 N–H and O–H groups in total. The molecule has 0 saturated carbocycles. The second kappa shape index (κ2) is 7.93. The number of benzene rings is 1. The lowest BCUT2D eigenvalue weighted by molar-refractivity contribution is -0.145. The van der Waals surface area contributed by atoms with E-state index in [2.05, 4.69) is 9.97 Å². The summed E-state index contributed by atoms with van der Waals surface area (Å²) in [6, 6.07) is 2.52. The van der Waals surface area contributed by atoms with E-state index in [4.69, 9.17) is 0 Å². The van der Waals surface area contributed by atoms with Crippen molar-refractivity contribution in [3.8, 4) is 0 Å². The Balaban J connectivity index is 2.27. The lowest BCUT2D eigenvalue weighted by atomic mass is 10.1. The number of hydrogen-bond donors (Lipinski definition) is 1. The van der Waals surface area contributed by atoms with Gasteiger partial charge in [-0.25, -0.2) is 18.4 Å². The Morgan fingerprint density at radius 1 is 1.12 bits per heavy atom. The lowest BCUT2D eigenvalue weighted by Crippen LogP contribution is -2.47. The number of alkyl halides is 3. The molecular formula is C16H18F3N3O2S2. The van der Waals surface area contributed by atoms with Crippen molar-refractivity contribution in [1.29, 1.82) is 0 Å². The van der Waals surface area contributed by atoms with Crippen LogP contribution in [0.4, 0.5) is 13.2 Å². The van der Waals surface area contributed by atoms with Crippen LogP contribution in [0.5, 0.6) is 0 Å². The van der Waals surface area contributed by atoms with Crippen molar-refractivity contribution in [2.24, 2.45) is 0 Å². The van der Waals surface area contributed by atoms with E-state index in [1.165, 1.54) is 18.5 Å². The minimum absolute atomic E-state index is 0.127. The normalized spacial score (nSPS) is 13.6. The number of sulfonamides is 1. The third-order valence-electron chi connectivity index (χ3n) is 3.49. The molecule has 1 aromatic carbocycles. The highest BCUT2D eigenvalue weighted by Crippen LogP contribution is 2.28. The highest BCUT2D eigenvalue weighted by atomic mass is 32.2. The van der Waals surface area contributed by atoms with Gasteiger partial charge in [-0.1, -0.05) is 29.5 Å². The van der Waals surface area contributed by atoms with E-state index in [-0.39, 0.29) is 10.1 Å². The van der Waals surface area contributed by atoms with Gasteiger partial charge >= 0.3 is 6.18 Å². The molecule has 0 fully saturated rings. The SMILES string of the molecule is Cc1cc(C)c(S(=O)(=O)NC(CSc2ncccn2)C(F)(F)F)c(C)c1. The molecule has 1 aromatic heterocycles. The van der Waals surface area contributed by atoms with Crippen molar-refractivity contribution < 1.29 is 21.6 Å². The first kappa shape index (κ1) is 20.7. The van der Waals surface area contributed by atoms with Gasteiger partial charge in [-0.3, -0.25) is 0 Å². The Morgan fingerprint density at radius 2 is 1.65 bits per heavy atom. The minimum Gasteiger partial charge on any atom is -0.231 e. The van der Waals surface area contributed by atoms with Crippen LogP contribution >= 0.6 is 11.8 Å². The number of halogens is 3. The molecule has 1 heterocycles. The molecule has 0 saturated heterocycles. The van der Waals surface area contributed by atoms with Crippen molar-refractivity contribution >= 4 is 21.8 Å². The predicted octanol–water partition coefficient (Wildman–Crippen LogP) is 3.40. The number of rotatable bonds is 6. The standard InChI is InChI=1S/C16H18F3N3O2S2/c1-10-7-11(2)14(12(3)8-10)26(23,24)22-13(16(17,18)19)9-25-15-20-5-4-6-21-15/h4-8,13,22H,9H2,1-3H3. The van der Waals surface area contributed by atoms with Gasteiger partial charge in [0.05, 0.1) is 4.90 Å². The zero-order valence-electron chi connectivity index (χ0n) is 14.3. The van der Waals surface area contributed by atoms with Gasteiger partial charge in [-0.05, 0) is 38.0 Å². The van der Waals surface area contributed by atoms with E-state index in [1.807, 2.05) is 0 Å². The number of thioether (sulfide) groups is 1. The first-order valence-electron chi connectivity index (χ1n) is 7.57. The molecule has 0 aliphatic heterocycles. The van der Waals surface area contributed by atoms with E-state index in [1.54, 1.807) is 37.6 Å². The molecule has 1 atom stereocenters. The summed E-state index contributed by atoms with van der Waals surface area (Å²) in [5.74, 6) is -0.573. The van der Waals surface area contributed by atoms with Crippen LogP contribution < -0.4 is 4.72 Å². The molecule has 26 heavy (non-hydrogen) atoms. The lowest BCUT2D eigenvalue weighted by Gasteiger charge is -2.22. The predicted molar refractivity (Wildman–Crippen MR) is 93.6 cm³/mol. The third kappa shape index (κ3) is 5.18. The fraction of sp³-hybridized carbons (Fsp3) is 0.375. The van der Waals surface area contributed by atoms with Crippen LogP contribution in [0.15, 0.2) is 40.6 Å². The van der Waals surface area contributed by atoms with E-state index in [0.29, 0.717) is 11.1 Å². The van der Waals surface area contributed by atoms with Gasteiger partial charge in [0.15, 0.2) is 5.16 Å². The van der Waals surface area contributed by atoms with Crippen molar-refractivity contribution in [1.82, 2.24) is 14.7 Å². The Hall–Kier alpha value is -1.65. The summed E-state index contributed by atoms with van der Waals surface area (Å²) in [7, 11) is -4.35. The fourth-order valence-corrected chi connectivity index (χ4v) is 5.19. The van der Waals surface area contributed by atoms with Crippen LogP contribution in [0.2, 0.25) is 0 Å². The van der Waals surface area contributed by atoms with E-state index in [9.17, 15) is 21.6 Å². The maximum absolute atomic E-state index is 13.4. The Kier molecular flexibility index (Phi) is 6.30. The molecular weight excluding hydrogens is 387 g/mol. The summed E-state index contributed by atoms with van der Waals surface area (Å²) in [4.78, 5) is 7.54. The minimum atomic E-state index is -4.75. The summed E-state index contributed by atoms with van der Waals surface area (Å²) in [5.41, 5.74) is 1.63. The van der Waals surface area contributed by atoms with Gasteiger partial charge in [0.2, 0.25) is 10.0 Å². The summed E-state index contributed by atoms with van der Waals surface area (Å²) in [6.45, 7) is 4.91. The molecule has 10 heteroatoms. The highest BCUT2D eigenvalue weighted by Gasteiger charge is 2.42. The summed E-state index contributed by atoms with van der Waals surface area (Å²) in [6.07, 6.45) is -1.94.